The molecule has 0 unspecified atom stereocenters. The normalized spacial score (nSPS) is 10.8. The number of methoxy groups -OCH3 is 1. The predicted molar refractivity (Wildman–Crippen MR) is 97.2 cm³/mol. The predicted octanol–water partition coefficient (Wildman–Crippen LogP) is 2.59. The van der Waals surface area contributed by atoms with Gasteiger partial charge in [-0.3, -0.25) is 9.36 Å². The first kappa shape index (κ1) is 15.8. The lowest BCUT2D eigenvalue weighted by Gasteiger charge is -2.07. The highest BCUT2D eigenvalue weighted by Crippen LogP contribution is 2.24. The molecule has 4 rings (SSSR count). The van der Waals surface area contributed by atoms with Crippen molar-refractivity contribution in [1.82, 2.24) is 19.5 Å². The van der Waals surface area contributed by atoms with Crippen molar-refractivity contribution in [1.29, 1.82) is 0 Å². The van der Waals surface area contributed by atoms with Gasteiger partial charge in [-0.25, -0.2) is 15.0 Å². The second kappa shape index (κ2) is 6.29. The Morgan fingerprint density at radius 2 is 1.77 bits per heavy atom. The Morgan fingerprint density at radius 1 is 1.04 bits per heavy atom. The fourth-order valence-electron chi connectivity index (χ4n) is 2.72. The third-order valence-electron chi connectivity index (χ3n) is 4.01. The average Bonchev–Trinajstić information content (AvgIpc) is 3.12. The zero-order valence-electron chi connectivity index (χ0n) is 14.0. The minimum atomic E-state index is -0.648. The molecule has 0 spiro atoms. The van der Waals surface area contributed by atoms with Crippen LogP contribution < -0.4 is 10.5 Å². The van der Waals surface area contributed by atoms with Crippen LogP contribution in [0.1, 0.15) is 10.5 Å². The molecule has 2 aromatic carbocycles. The van der Waals surface area contributed by atoms with Gasteiger partial charge in [-0.1, -0.05) is 18.2 Å². The molecule has 2 N–H and O–H groups in total. The standard InChI is InChI=1S/C19H15N5O2/c1-26-14-9-7-12(8-10-14)18-22-15(17(20)25)16-19(23-18)24(11-21-16)13-5-3-2-4-6-13/h2-11H,1H3,(H2,20,25). The Kier molecular flexibility index (Phi) is 3.81. The molecule has 4 aromatic rings. The fourth-order valence-corrected chi connectivity index (χ4v) is 2.72. The van der Waals surface area contributed by atoms with Gasteiger partial charge in [-0.2, -0.15) is 0 Å². The topological polar surface area (TPSA) is 95.9 Å². The van der Waals surface area contributed by atoms with E-state index in [1.54, 1.807) is 30.1 Å². The number of rotatable bonds is 4. The molecule has 0 atom stereocenters. The number of primary amides is 1. The minimum absolute atomic E-state index is 0.0931. The molecule has 0 fully saturated rings. The lowest BCUT2D eigenvalue weighted by atomic mass is 10.2. The molecule has 0 bridgehead atoms. The van der Waals surface area contributed by atoms with Crippen molar-refractivity contribution in [3.05, 3.63) is 66.6 Å². The second-order valence-electron chi connectivity index (χ2n) is 5.61. The number of hydrogen-bond acceptors (Lipinski definition) is 5. The second-order valence-corrected chi connectivity index (χ2v) is 5.61. The van der Waals surface area contributed by atoms with Gasteiger partial charge in [0, 0.05) is 11.3 Å². The highest BCUT2D eigenvalue weighted by Gasteiger charge is 2.18. The summed E-state index contributed by atoms with van der Waals surface area (Å²) in [5.74, 6) is 0.469. The van der Waals surface area contributed by atoms with E-state index >= 15 is 0 Å². The third kappa shape index (κ3) is 2.65. The van der Waals surface area contributed by atoms with Crippen LogP contribution in [0, 0.1) is 0 Å². The van der Waals surface area contributed by atoms with Crippen LogP contribution in [0.4, 0.5) is 0 Å². The van der Waals surface area contributed by atoms with E-state index in [0.29, 0.717) is 17.0 Å². The quantitative estimate of drug-likeness (QED) is 0.613. The summed E-state index contributed by atoms with van der Waals surface area (Å²) in [6.45, 7) is 0. The number of nitrogens with zero attached hydrogens (tertiary/aromatic N) is 4. The first-order valence-corrected chi connectivity index (χ1v) is 7.92. The summed E-state index contributed by atoms with van der Waals surface area (Å²) in [4.78, 5) is 25.2. The van der Waals surface area contributed by atoms with Crippen LogP contribution in [0.3, 0.4) is 0 Å². The monoisotopic (exact) mass is 345 g/mol. The van der Waals surface area contributed by atoms with Gasteiger partial charge < -0.3 is 10.5 Å². The number of carbonyl (C=O) groups excluding carboxylic acids is 1. The maximum absolute atomic E-state index is 11.9. The molecule has 0 radical (unpaired) electrons. The van der Waals surface area contributed by atoms with Gasteiger partial charge in [0.05, 0.1) is 7.11 Å². The van der Waals surface area contributed by atoms with Gasteiger partial charge in [0.25, 0.3) is 5.91 Å². The molecule has 0 saturated carbocycles. The van der Waals surface area contributed by atoms with E-state index in [0.717, 1.165) is 17.0 Å². The van der Waals surface area contributed by atoms with Crippen LogP contribution in [0.25, 0.3) is 28.2 Å². The van der Waals surface area contributed by atoms with Gasteiger partial charge in [0.1, 0.15) is 17.6 Å². The van der Waals surface area contributed by atoms with Gasteiger partial charge in [0.2, 0.25) is 0 Å². The van der Waals surface area contributed by atoms with Crippen LogP contribution >= 0.6 is 0 Å². The molecule has 0 aliphatic rings. The number of nitrogens with two attached hydrogens (primary N) is 1. The van der Waals surface area contributed by atoms with Crippen LogP contribution in [-0.2, 0) is 0 Å². The highest BCUT2D eigenvalue weighted by atomic mass is 16.5. The summed E-state index contributed by atoms with van der Waals surface area (Å²) in [5.41, 5.74) is 8.13. The summed E-state index contributed by atoms with van der Waals surface area (Å²) in [5, 5.41) is 0. The Balaban J connectivity index is 1.95. The first-order chi connectivity index (χ1) is 12.7. The summed E-state index contributed by atoms with van der Waals surface area (Å²) >= 11 is 0. The largest absolute Gasteiger partial charge is 0.497 e. The molecule has 0 aliphatic heterocycles. The van der Waals surface area contributed by atoms with Crippen molar-refractivity contribution in [3.63, 3.8) is 0 Å². The molecule has 0 saturated heterocycles. The van der Waals surface area contributed by atoms with E-state index in [4.69, 9.17) is 10.5 Å². The van der Waals surface area contributed by atoms with E-state index < -0.39 is 5.91 Å². The molecule has 2 heterocycles. The Bertz CT molecular complexity index is 1090. The van der Waals surface area contributed by atoms with E-state index in [-0.39, 0.29) is 5.69 Å². The van der Waals surface area contributed by atoms with Crippen molar-refractivity contribution in [2.24, 2.45) is 5.73 Å². The lowest BCUT2D eigenvalue weighted by Crippen LogP contribution is -2.15. The number of amides is 1. The summed E-state index contributed by atoms with van der Waals surface area (Å²) in [6.07, 6.45) is 1.61. The van der Waals surface area contributed by atoms with E-state index in [2.05, 4.69) is 15.0 Å². The van der Waals surface area contributed by atoms with Crippen LogP contribution in [-0.4, -0.2) is 32.5 Å². The molecule has 0 aliphatic carbocycles. The number of benzene rings is 2. The molecule has 7 heteroatoms. The highest BCUT2D eigenvalue weighted by molar-refractivity contribution is 6.02. The van der Waals surface area contributed by atoms with Gasteiger partial charge in [-0.05, 0) is 36.4 Å². The van der Waals surface area contributed by atoms with E-state index in [1.807, 2.05) is 42.5 Å². The number of carbonyl (C=O) groups is 1. The average molecular weight is 345 g/mol. The molecular formula is C19H15N5O2. The zero-order chi connectivity index (χ0) is 18.1. The number of fused-ring (bicyclic) bond motifs is 1. The van der Waals surface area contributed by atoms with Crippen LogP contribution in [0.2, 0.25) is 0 Å². The third-order valence-corrected chi connectivity index (χ3v) is 4.01. The fraction of sp³-hybridized carbons (Fsp3) is 0.0526. The number of aromatic nitrogens is 4. The van der Waals surface area contributed by atoms with Gasteiger partial charge in [-0.15, -0.1) is 0 Å². The van der Waals surface area contributed by atoms with Crippen molar-refractivity contribution in [3.8, 4) is 22.8 Å². The van der Waals surface area contributed by atoms with Crippen LogP contribution in [0.15, 0.2) is 60.9 Å². The molecule has 128 valence electrons. The number of ether oxygens (including phenoxy) is 1. The van der Waals surface area contributed by atoms with Crippen LogP contribution in [0.5, 0.6) is 5.75 Å². The maximum atomic E-state index is 11.9. The molecular weight excluding hydrogens is 330 g/mol. The SMILES string of the molecule is COc1ccc(-c2nc(C(N)=O)c3ncn(-c4ccccc4)c3n2)cc1. The summed E-state index contributed by atoms with van der Waals surface area (Å²) < 4.78 is 6.97. The minimum Gasteiger partial charge on any atom is -0.497 e. The summed E-state index contributed by atoms with van der Waals surface area (Å²) in [7, 11) is 1.60. The Labute approximate surface area is 149 Å². The van der Waals surface area contributed by atoms with E-state index in [9.17, 15) is 4.79 Å². The smallest absolute Gasteiger partial charge is 0.269 e. The first-order valence-electron chi connectivity index (χ1n) is 7.92. The van der Waals surface area contributed by atoms with Crippen molar-refractivity contribution < 1.29 is 9.53 Å². The van der Waals surface area contributed by atoms with Gasteiger partial charge >= 0.3 is 0 Å². The molecule has 26 heavy (non-hydrogen) atoms. The lowest BCUT2D eigenvalue weighted by molar-refractivity contribution is 0.0997. The van der Waals surface area contributed by atoms with Crippen molar-refractivity contribution in [2.75, 3.05) is 7.11 Å². The van der Waals surface area contributed by atoms with Crippen molar-refractivity contribution >= 4 is 17.1 Å². The molecule has 2 aromatic heterocycles. The Hall–Kier alpha value is -3.74. The number of imidazole rings is 1. The zero-order valence-corrected chi connectivity index (χ0v) is 14.0. The molecule has 1 amide bonds. The summed E-state index contributed by atoms with van der Waals surface area (Å²) in [6, 6.07) is 16.9. The Morgan fingerprint density at radius 3 is 2.42 bits per heavy atom. The number of para-hydroxylation sites is 1. The van der Waals surface area contributed by atoms with Gasteiger partial charge in [0.15, 0.2) is 17.2 Å². The maximum Gasteiger partial charge on any atom is 0.269 e. The van der Waals surface area contributed by atoms with E-state index in [1.165, 1.54) is 0 Å². The molecule has 7 nitrogen and oxygen atoms in total. The number of hydrogen-bond donors (Lipinski definition) is 1. The van der Waals surface area contributed by atoms with Crippen molar-refractivity contribution in [2.45, 2.75) is 0 Å².